The summed E-state index contributed by atoms with van der Waals surface area (Å²) in [6.45, 7) is 5.83. The van der Waals surface area contributed by atoms with E-state index >= 15 is 0 Å². The first-order valence-corrected chi connectivity index (χ1v) is 5.61. The van der Waals surface area contributed by atoms with Crippen LogP contribution in [0.15, 0.2) is 12.3 Å². The van der Waals surface area contributed by atoms with E-state index in [2.05, 4.69) is 18.9 Å². The third-order valence-electron chi connectivity index (χ3n) is 3.13. The molecule has 0 saturated carbocycles. The van der Waals surface area contributed by atoms with E-state index in [4.69, 9.17) is 10.5 Å². The summed E-state index contributed by atoms with van der Waals surface area (Å²) in [7, 11) is 0. The van der Waals surface area contributed by atoms with E-state index in [0.717, 1.165) is 25.3 Å². The Morgan fingerprint density at radius 3 is 3.13 bits per heavy atom. The molecule has 0 bridgehead atoms. The van der Waals surface area contributed by atoms with Gasteiger partial charge in [0, 0.05) is 18.7 Å². The van der Waals surface area contributed by atoms with Gasteiger partial charge in [-0.15, -0.1) is 0 Å². The molecule has 2 rings (SSSR count). The number of nitrogens with two attached hydrogens (primary N) is 1. The number of nitrogens with zero attached hydrogens (tertiary/aromatic N) is 2. The number of aryl methyl sites for hydroxylation is 1. The second-order valence-electron chi connectivity index (χ2n) is 4.24. The number of rotatable bonds is 3. The molecule has 3 unspecified atom stereocenters. The van der Waals surface area contributed by atoms with E-state index in [0.29, 0.717) is 12.0 Å². The van der Waals surface area contributed by atoms with Crippen molar-refractivity contribution in [1.82, 2.24) is 9.78 Å². The molecule has 84 valence electrons. The third-order valence-corrected chi connectivity index (χ3v) is 3.13. The second kappa shape index (κ2) is 4.33. The topological polar surface area (TPSA) is 53.1 Å². The molecular formula is C11H19N3O. The number of hydrogen-bond acceptors (Lipinski definition) is 3. The third kappa shape index (κ3) is 2.06. The average molecular weight is 209 g/mol. The van der Waals surface area contributed by atoms with Crippen LogP contribution in [0.2, 0.25) is 0 Å². The molecule has 0 aromatic carbocycles. The fraction of sp³-hybridized carbons (Fsp3) is 0.727. The van der Waals surface area contributed by atoms with Gasteiger partial charge in [0.2, 0.25) is 0 Å². The summed E-state index contributed by atoms with van der Waals surface area (Å²) in [4.78, 5) is 0. The zero-order valence-corrected chi connectivity index (χ0v) is 9.39. The van der Waals surface area contributed by atoms with E-state index in [1.54, 1.807) is 0 Å². The highest BCUT2D eigenvalue weighted by atomic mass is 16.5. The lowest BCUT2D eigenvalue weighted by atomic mass is 9.95. The Bertz CT molecular complexity index is 323. The minimum absolute atomic E-state index is 0.0531. The van der Waals surface area contributed by atoms with Crippen LogP contribution in [0.25, 0.3) is 0 Å². The molecule has 0 amide bonds. The molecule has 1 saturated heterocycles. The Labute approximate surface area is 90.4 Å². The van der Waals surface area contributed by atoms with Gasteiger partial charge in [-0.1, -0.05) is 0 Å². The first kappa shape index (κ1) is 10.6. The van der Waals surface area contributed by atoms with E-state index in [-0.39, 0.29) is 6.04 Å². The highest BCUT2D eigenvalue weighted by Gasteiger charge is 2.29. The second-order valence-corrected chi connectivity index (χ2v) is 4.24. The van der Waals surface area contributed by atoms with Gasteiger partial charge in [0.25, 0.3) is 0 Å². The van der Waals surface area contributed by atoms with Crippen LogP contribution in [0.5, 0.6) is 0 Å². The minimum Gasteiger partial charge on any atom is -0.378 e. The zero-order valence-electron chi connectivity index (χ0n) is 9.39. The van der Waals surface area contributed by atoms with Crippen molar-refractivity contribution in [2.45, 2.75) is 39.0 Å². The smallest absolute Gasteiger partial charge is 0.0555 e. The molecule has 0 spiro atoms. The fourth-order valence-electron chi connectivity index (χ4n) is 2.23. The molecular weight excluding hydrogens is 190 g/mol. The van der Waals surface area contributed by atoms with Crippen molar-refractivity contribution in [2.75, 3.05) is 6.61 Å². The van der Waals surface area contributed by atoms with E-state index in [1.165, 1.54) is 0 Å². The van der Waals surface area contributed by atoms with E-state index < -0.39 is 0 Å². The molecule has 1 aliphatic heterocycles. The Morgan fingerprint density at radius 2 is 2.53 bits per heavy atom. The standard InChI is InChI=1S/C11H19N3O/c1-3-14-10(4-5-13-14)11(12)9-6-8(2)15-7-9/h4-5,8-9,11H,3,6-7,12H2,1-2H3. The summed E-state index contributed by atoms with van der Waals surface area (Å²) in [5.41, 5.74) is 7.37. The lowest BCUT2D eigenvalue weighted by Crippen LogP contribution is -2.24. The highest BCUT2D eigenvalue weighted by molar-refractivity contribution is 5.08. The molecule has 15 heavy (non-hydrogen) atoms. The Hall–Kier alpha value is -0.870. The van der Waals surface area contributed by atoms with Gasteiger partial charge in [-0.25, -0.2) is 0 Å². The minimum atomic E-state index is 0.0531. The lowest BCUT2D eigenvalue weighted by molar-refractivity contribution is 0.118. The molecule has 0 aliphatic carbocycles. The van der Waals surface area contributed by atoms with Crippen molar-refractivity contribution in [2.24, 2.45) is 11.7 Å². The van der Waals surface area contributed by atoms with Gasteiger partial charge in [0.05, 0.1) is 24.4 Å². The van der Waals surface area contributed by atoms with Crippen molar-refractivity contribution in [1.29, 1.82) is 0 Å². The van der Waals surface area contributed by atoms with E-state index in [9.17, 15) is 0 Å². The number of ether oxygens (including phenoxy) is 1. The number of hydrogen-bond donors (Lipinski definition) is 1. The Kier molecular flexibility index (Phi) is 3.07. The molecule has 4 heteroatoms. The monoisotopic (exact) mass is 209 g/mol. The summed E-state index contributed by atoms with van der Waals surface area (Å²) >= 11 is 0. The van der Waals surface area contributed by atoms with E-state index in [1.807, 2.05) is 16.9 Å². The highest BCUT2D eigenvalue weighted by Crippen LogP contribution is 2.29. The van der Waals surface area contributed by atoms with Crippen LogP contribution in [0.1, 0.15) is 32.0 Å². The summed E-state index contributed by atoms with van der Waals surface area (Å²) in [6.07, 6.45) is 3.22. The first-order valence-electron chi connectivity index (χ1n) is 5.61. The fourth-order valence-corrected chi connectivity index (χ4v) is 2.23. The Morgan fingerprint density at radius 1 is 1.73 bits per heavy atom. The van der Waals surface area contributed by atoms with Gasteiger partial charge in [0.1, 0.15) is 0 Å². The van der Waals surface area contributed by atoms with Crippen LogP contribution in [0, 0.1) is 5.92 Å². The molecule has 1 aromatic heterocycles. The van der Waals surface area contributed by atoms with Crippen LogP contribution in [-0.2, 0) is 11.3 Å². The van der Waals surface area contributed by atoms with Gasteiger partial charge in [-0.3, -0.25) is 4.68 Å². The average Bonchev–Trinajstić information content (AvgIpc) is 2.84. The predicted octanol–water partition coefficient (Wildman–Crippen LogP) is 1.33. The SMILES string of the molecule is CCn1nccc1C(N)C1COC(C)C1. The number of aromatic nitrogens is 2. The summed E-state index contributed by atoms with van der Waals surface area (Å²) in [6, 6.07) is 2.06. The molecule has 1 aromatic rings. The van der Waals surface area contributed by atoms with Gasteiger partial charge >= 0.3 is 0 Å². The van der Waals surface area contributed by atoms with Crippen LogP contribution in [0.4, 0.5) is 0 Å². The van der Waals surface area contributed by atoms with Crippen LogP contribution in [-0.4, -0.2) is 22.5 Å². The maximum absolute atomic E-state index is 6.24. The lowest BCUT2D eigenvalue weighted by Gasteiger charge is -2.18. The van der Waals surface area contributed by atoms with Crippen LogP contribution in [0.3, 0.4) is 0 Å². The summed E-state index contributed by atoms with van der Waals surface area (Å²) < 4.78 is 7.51. The molecule has 1 fully saturated rings. The predicted molar refractivity (Wildman–Crippen MR) is 58.4 cm³/mol. The molecule has 3 atom stereocenters. The molecule has 2 N–H and O–H groups in total. The van der Waals surface area contributed by atoms with Crippen molar-refractivity contribution < 1.29 is 4.74 Å². The van der Waals surface area contributed by atoms with Gasteiger partial charge in [-0.2, -0.15) is 5.10 Å². The molecule has 4 nitrogen and oxygen atoms in total. The van der Waals surface area contributed by atoms with Crippen LogP contribution < -0.4 is 5.73 Å². The zero-order chi connectivity index (χ0) is 10.8. The molecule has 0 radical (unpaired) electrons. The maximum atomic E-state index is 6.24. The van der Waals surface area contributed by atoms with Gasteiger partial charge < -0.3 is 10.5 Å². The Balaban J connectivity index is 2.10. The summed E-state index contributed by atoms with van der Waals surface area (Å²) in [5.74, 6) is 0.432. The maximum Gasteiger partial charge on any atom is 0.0555 e. The molecule has 1 aliphatic rings. The quantitative estimate of drug-likeness (QED) is 0.817. The van der Waals surface area contributed by atoms with Crippen molar-refractivity contribution in [3.8, 4) is 0 Å². The first-order chi connectivity index (χ1) is 7.22. The van der Waals surface area contributed by atoms with Crippen LogP contribution >= 0.6 is 0 Å². The largest absolute Gasteiger partial charge is 0.378 e. The van der Waals surface area contributed by atoms with Crippen molar-refractivity contribution in [3.63, 3.8) is 0 Å². The van der Waals surface area contributed by atoms with Gasteiger partial charge in [-0.05, 0) is 26.3 Å². The van der Waals surface area contributed by atoms with Crippen molar-refractivity contribution >= 4 is 0 Å². The normalized spacial score (nSPS) is 28.2. The molecule has 2 heterocycles. The summed E-state index contributed by atoms with van der Waals surface area (Å²) in [5, 5.41) is 4.24. The van der Waals surface area contributed by atoms with Crippen molar-refractivity contribution in [3.05, 3.63) is 18.0 Å². The van der Waals surface area contributed by atoms with Gasteiger partial charge in [0.15, 0.2) is 0 Å².